The first-order chi connectivity index (χ1) is 8.97. The molecule has 0 fully saturated rings. The highest BCUT2D eigenvalue weighted by atomic mass is 19.2. The Morgan fingerprint density at radius 3 is 2.63 bits per heavy atom. The number of hydrogen-bond donors (Lipinski definition) is 2. The molecule has 0 aliphatic heterocycles. The van der Waals surface area contributed by atoms with E-state index in [1.807, 2.05) is 0 Å². The van der Waals surface area contributed by atoms with Gasteiger partial charge >= 0.3 is 5.97 Å². The number of carboxylic acids is 1. The molecule has 0 aliphatic carbocycles. The molecule has 19 heavy (non-hydrogen) atoms. The van der Waals surface area contributed by atoms with Crippen molar-refractivity contribution < 1.29 is 23.1 Å². The zero-order valence-corrected chi connectivity index (χ0v) is 10.0. The molecule has 2 rings (SSSR count). The van der Waals surface area contributed by atoms with E-state index in [0.717, 1.165) is 12.1 Å². The minimum Gasteiger partial charge on any atom is -0.478 e. The van der Waals surface area contributed by atoms with Crippen molar-refractivity contribution in [1.82, 2.24) is 0 Å². The second-order valence-electron chi connectivity index (χ2n) is 3.97. The fourth-order valence-electron chi connectivity index (χ4n) is 1.64. The van der Waals surface area contributed by atoms with Gasteiger partial charge in [0.25, 0.3) is 0 Å². The lowest BCUT2D eigenvalue weighted by Crippen LogP contribution is -1.99. The van der Waals surface area contributed by atoms with Crippen molar-refractivity contribution in [3.05, 3.63) is 53.0 Å². The van der Waals surface area contributed by atoms with Crippen LogP contribution in [0.15, 0.2) is 28.7 Å². The first kappa shape index (κ1) is 13.1. The van der Waals surface area contributed by atoms with E-state index in [0.29, 0.717) is 17.2 Å². The second-order valence-corrected chi connectivity index (χ2v) is 3.97. The van der Waals surface area contributed by atoms with Crippen LogP contribution in [0.25, 0.3) is 0 Å². The number of nitrogens with one attached hydrogen (secondary N) is 1. The zero-order chi connectivity index (χ0) is 14.0. The van der Waals surface area contributed by atoms with Gasteiger partial charge in [0.2, 0.25) is 0 Å². The third-order valence-electron chi connectivity index (χ3n) is 2.59. The summed E-state index contributed by atoms with van der Waals surface area (Å²) >= 11 is 0. The molecule has 0 bridgehead atoms. The van der Waals surface area contributed by atoms with Crippen LogP contribution < -0.4 is 5.32 Å². The summed E-state index contributed by atoms with van der Waals surface area (Å²) in [6.07, 6.45) is 0. The van der Waals surface area contributed by atoms with Gasteiger partial charge in [-0.25, -0.2) is 13.6 Å². The van der Waals surface area contributed by atoms with Gasteiger partial charge in [-0.15, -0.1) is 0 Å². The van der Waals surface area contributed by atoms with Gasteiger partial charge in [-0.2, -0.15) is 0 Å². The predicted octanol–water partition coefficient (Wildman–Crippen LogP) is 3.18. The van der Waals surface area contributed by atoms with Gasteiger partial charge in [0.15, 0.2) is 11.6 Å². The highest BCUT2D eigenvalue weighted by Crippen LogP contribution is 2.17. The lowest BCUT2D eigenvalue weighted by molar-refractivity contribution is 0.0695. The monoisotopic (exact) mass is 267 g/mol. The van der Waals surface area contributed by atoms with Gasteiger partial charge in [0.1, 0.15) is 17.1 Å². The largest absolute Gasteiger partial charge is 0.478 e. The molecule has 100 valence electrons. The highest BCUT2D eigenvalue weighted by Gasteiger charge is 2.13. The Hall–Kier alpha value is -2.37. The Morgan fingerprint density at radius 1 is 1.32 bits per heavy atom. The van der Waals surface area contributed by atoms with Crippen LogP contribution in [0.3, 0.4) is 0 Å². The predicted molar refractivity (Wildman–Crippen MR) is 64.1 cm³/mol. The van der Waals surface area contributed by atoms with Crippen molar-refractivity contribution in [3.63, 3.8) is 0 Å². The van der Waals surface area contributed by atoms with Gasteiger partial charge in [-0.3, -0.25) is 0 Å². The topological polar surface area (TPSA) is 62.5 Å². The highest BCUT2D eigenvalue weighted by molar-refractivity contribution is 5.88. The Balaban J connectivity index is 2.08. The summed E-state index contributed by atoms with van der Waals surface area (Å²) < 4.78 is 30.9. The average molecular weight is 267 g/mol. The van der Waals surface area contributed by atoms with Crippen LogP contribution in [0, 0.1) is 18.6 Å². The van der Waals surface area contributed by atoms with E-state index in [2.05, 4.69) is 5.32 Å². The molecule has 0 aliphatic rings. The van der Waals surface area contributed by atoms with E-state index < -0.39 is 17.6 Å². The maximum absolute atomic E-state index is 13.0. The molecule has 0 saturated heterocycles. The molecule has 0 radical (unpaired) electrons. The Labute approximate surface area is 107 Å². The Kier molecular flexibility index (Phi) is 3.50. The van der Waals surface area contributed by atoms with Crippen LogP contribution in [-0.2, 0) is 6.54 Å². The van der Waals surface area contributed by atoms with Gasteiger partial charge < -0.3 is 14.8 Å². The first-order valence-electron chi connectivity index (χ1n) is 5.49. The van der Waals surface area contributed by atoms with Crippen molar-refractivity contribution in [2.24, 2.45) is 0 Å². The molecule has 0 spiro atoms. The van der Waals surface area contributed by atoms with E-state index in [1.54, 1.807) is 6.92 Å². The van der Waals surface area contributed by atoms with Crippen LogP contribution >= 0.6 is 0 Å². The average Bonchev–Trinajstić information content (AvgIpc) is 2.72. The third kappa shape index (κ3) is 2.90. The standard InChI is InChI=1S/C13H11F2NO3/c1-7-10(13(17)18)5-9(19-7)6-16-8-2-3-11(14)12(15)4-8/h2-5,16H,6H2,1H3,(H,17,18). The molecule has 1 aromatic heterocycles. The van der Waals surface area contributed by atoms with Crippen molar-refractivity contribution in [2.45, 2.75) is 13.5 Å². The lowest BCUT2D eigenvalue weighted by Gasteiger charge is -2.04. The Bertz CT molecular complexity index is 622. The van der Waals surface area contributed by atoms with Crippen molar-refractivity contribution in [1.29, 1.82) is 0 Å². The normalized spacial score (nSPS) is 10.5. The van der Waals surface area contributed by atoms with E-state index in [4.69, 9.17) is 9.52 Å². The smallest absolute Gasteiger partial charge is 0.339 e. The number of anilines is 1. The zero-order valence-electron chi connectivity index (χ0n) is 10.0. The molecule has 0 saturated carbocycles. The van der Waals surface area contributed by atoms with E-state index in [-0.39, 0.29) is 12.1 Å². The van der Waals surface area contributed by atoms with Gasteiger partial charge in [-0.1, -0.05) is 0 Å². The lowest BCUT2D eigenvalue weighted by atomic mass is 10.2. The van der Waals surface area contributed by atoms with Crippen molar-refractivity contribution in [3.8, 4) is 0 Å². The fourth-order valence-corrected chi connectivity index (χ4v) is 1.64. The number of benzene rings is 1. The van der Waals surface area contributed by atoms with E-state index in [1.165, 1.54) is 12.1 Å². The summed E-state index contributed by atoms with van der Waals surface area (Å²) in [5.74, 6) is -2.24. The second kappa shape index (κ2) is 5.09. The Morgan fingerprint density at radius 2 is 2.05 bits per heavy atom. The van der Waals surface area contributed by atoms with Crippen LogP contribution in [0.2, 0.25) is 0 Å². The summed E-state index contributed by atoms with van der Waals surface area (Å²) in [6, 6.07) is 4.80. The molecule has 1 aromatic carbocycles. The number of carbonyl (C=O) groups is 1. The molecule has 4 nitrogen and oxygen atoms in total. The molecular formula is C13H11F2NO3. The number of halogens is 2. The number of carboxylic acid groups (broad SMARTS) is 1. The maximum atomic E-state index is 13.0. The molecule has 1 heterocycles. The van der Waals surface area contributed by atoms with E-state index in [9.17, 15) is 13.6 Å². The minimum absolute atomic E-state index is 0.0853. The van der Waals surface area contributed by atoms with Crippen LogP contribution in [-0.4, -0.2) is 11.1 Å². The molecule has 6 heteroatoms. The van der Waals surface area contributed by atoms with Crippen LogP contribution in [0.1, 0.15) is 21.9 Å². The summed E-state index contributed by atoms with van der Waals surface area (Å²) in [7, 11) is 0. The number of rotatable bonds is 4. The first-order valence-corrected chi connectivity index (χ1v) is 5.49. The summed E-state index contributed by atoms with van der Waals surface area (Å²) in [5, 5.41) is 11.7. The van der Waals surface area contributed by atoms with Crippen LogP contribution in [0.5, 0.6) is 0 Å². The number of hydrogen-bond acceptors (Lipinski definition) is 3. The third-order valence-corrected chi connectivity index (χ3v) is 2.59. The summed E-state index contributed by atoms with van der Waals surface area (Å²) in [5.41, 5.74) is 0.465. The molecule has 0 amide bonds. The fraction of sp³-hybridized carbons (Fsp3) is 0.154. The van der Waals surface area contributed by atoms with Crippen molar-refractivity contribution in [2.75, 3.05) is 5.32 Å². The molecule has 2 aromatic rings. The molecular weight excluding hydrogens is 256 g/mol. The van der Waals surface area contributed by atoms with Gasteiger partial charge in [0, 0.05) is 11.8 Å². The minimum atomic E-state index is -1.07. The van der Waals surface area contributed by atoms with Gasteiger partial charge in [-0.05, 0) is 25.1 Å². The molecule has 0 unspecified atom stereocenters. The van der Waals surface area contributed by atoms with Crippen LogP contribution in [0.4, 0.5) is 14.5 Å². The van der Waals surface area contributed by atoms with Gasteiger partial charge in [0.05, 0.1) is 6.54 Å². The maximum Gasteiger partial charge on any atom is 0.339 e. The summed E-state index contributed by atoms with van der Waals surface area (Å²) in [6.45, 7) is 1.73. The quantitative estimate of drug-likeness (QED) is 0.893. The molecule has 2 N–H and O–H groups in total. The number of aromatic carboxylic acids is 1. The molecule has 0 atom stereocenters. The number of aryl methyl sites for hydroxylation is 1. The van der Waals surface area contributed by atoms with Crippen molar-refractivity contribution >= 4 is 11.7 Å². The number of furan rings is 1. The van der Waals surface area contributed by atoms with E-state index >= 15 is 0 Å². The summed E-state index contributed by atoms with van der Waals surface area (Å²) in [4.78, 5) is 10.8. The SMILES string of the molecule is Cc1oc(CNc2ccc(F)c(F)c2)cc1C(=O)O.